The van der Waals surface area contributed by atoms with Crippen LogP contribution >= 0.6 is 15.9 Å². The van der Waals surface area contributed by atoms with E-state index in [0.717, 1.165) is 0 Å². The first-order chi connectivity index (χ1) is 17.5. The average molecular weight is 580 g/mol. The number of rotatable bonds is 8. The highest BCUT2D eigenvalue weighted by Crippen LogP contribution is 2.29. The van der Waals surface area contributed by atoms with Gasteiger partial charge in [0, 0.05) is 18.9 Å². The highest BCUT2D eigenvalue weighted by atomic mass is 79.9. The Morgan fingerprint density at radius 3 is 2.19 bits per heavy atom. The van der Waals surface area contributed by atoms with E-state index in [1.807, 2.05) is 0 Å². The first kappa shape index (κ1) is 27.9. The summed E-state index contributed by atoms with van der Waals surface area (Å²) in [5.74, 6) is -3.26. The molecule has 37 heavy (non-hydrogen) atoms. The first-order valence-electron chi connectivity index (χ1n) is 11.3. The number of aliphatic imine (C=N–C) groups is 1. The highest BCUT2D eigenvalue weighted by molar-refractivity contribution is 9.10. The Bertz CT molecular complexity index is 1240. The van der Waals surface area contributed by atoms with Gasteiger partial charge in [0.15, 0.2) is 18.3 Å². The monoisotopic (exact) mass is 579 g/mol. The van der Waals surface area contributed by atoms with Gasteiger partial charge in [-0.15, -0.1) is 0 Å². The zero-order valence-corrected chi connectivity index (χ0v) is 22.1. The molecule has 1 amide bonds. The molecule has 0 saturated heterocycles. The van der Waals surface area contributed by atoms with Gasteiger partial charge in [0.2, 0.25) is 5.96 Å². The maximum absolute atomic E-state index is 13.0. The molecule has 14 heteroatoms. The van der Waals surface area contributed by atoms with E-state index in [1.54, 1.807) is 24.5 Å². The van der Waals surface area contributed by atoms with Gasteiger partial charge >= 0.3 is 17.9 Å². The van der Waals surface area contributed by atoms with Crippen molar-refractivity contribution >= 4 is 62.4 Å². The summed E-state index contributed by atoms with van der Waals surface area (Å²) >= 11 is 3.50. The number of halogens is 1. The van der Waals surface area contributed by atoms with Crippen LogP contribution in [0, 0.1) is 0 Å². The van der Waals surface area contributed by atoms with Crippen LogP contribution in [0.15, 0.2) is 34.0 Å². The van der Waals surface area contributed by atoms with Crippen molar-refractivity contribution in [1.29, 1.82) is 0 Å². The number of nitrogens with one attached hydrogen (secondary N) is 1. The maximum atomic E-state index is 13.0. The number of aromatic nitrogens is 2. The zero-order valence-electron chi connectivity index (χ0n) is 20.5. The van der Waals surface area contributed by atoms with Crippen molar-refractivity contribution in [2.75, 3.05) is 18.4 Å². The lowest BCUT2D eigenvalue weighted by Crippen LogP contribution is -2.45. The van der Waals surface area contributed by atoms with E-state index in [9.17, 15) is 19.2 Å². The predicted molar refractivity (Wildman–Crippen MR) is 133 cm³/mol. The fourth-order valence-electron chi connectivity index (χ4n) is 3.17. The molecule has 1 aliphatic rings. The second-order valence-corrected chi connectivity index (χ2v) is 8.88. The van der Waals surface area contributed by atoms with Gasteiger partial charge in [-0.05, 0) is 55.8 Å². The molecule has 0 bridgehead atoms. The van der Waals surface area contributed by atoms with Gasteiger partial charge in [0.25, 0.3) is 5.91 Å². The van der Waals surface area contributed by atoms with Gasteiger partial charge in [0.1, 0.15) is 11.6 Å². The quantitative estimate of drug-likeness (QED) is 0.340. The number of hydrogen-bond acceptors (Lipinski definition) is 12. The van der Waals surface area contributed by atoms with Gasteiger partial charge in [-0.2, -0.15) is 0 Å². The molecule has 0 spiro atoms. The number of aliphatic hydroxyl groups excluding tert-OH is 1. The topological polar surface area (TPSA) is 170 Å². The number of guanidine groups is 1. The number of amides is 1. The summed E-state index contributed by atoms with van der Waals surface area (Å²) in [6.07, 6.45) is -2.22. The predicted octanol–water partition coefficient (Wildman–Crippen LogP) is 1.18. The minimum atomic E-state index is -1.42. The number of ether oxygens (including phenoxy) is 3. The van der Waals surface area contributed by atoms with Crippen molar-refractivity contribution < 1.29 is 38.5 Å². The largest absolute Gasteiger partial charge is 0.450 e. The Labute approximate surface area is 220 Å². The lowest BCUT2D eigenvalue weighted by Gasteiger charge is -2.24. The van der Waals surface area contributed by atoms with Crippen LogP contribution in [0.4, 0.5) is 5.69 Å². The van der Waals surface area contributed by atoms with E-state index in [1.165, 1.54) is 32.6 Å². The van der Waals surface area contributed by atoms with E-state index in [2.05, 4.69) is 36.2 Å². The normalized spacial score (nSPS) is 16.3. The van der Waals surface area contributed by atoms with Gasteiger partial charge in [-0.25, -0.2) is 14.4 Å². The summed E-state index contributed by atoms with van der Waals surface area (Å²) < 4.78 is 15.5. The third-order valence-electron chi connectivity index (χ3n) is 5.16. The lowest BCUT2D eigenvalue weighted by molar-refractivity contribution is -0.181. The summed E-state index contributed by atoms with van der Waals surface area (Å²) in [5.41, 5.74) is 1.93. The fraction of sp³-hybridized carbons (Fsp3) is 0.435. The summed E-state index contributed by atoms with van der Waals surface area (Å²) in [6, 6.07) is 3.54. The number of carbonyl (C=O) groups is 4. The van der Waals surface area contributed by atoms with E-state index < -0.39 is 48.2 Å². The van der Waals surface area contributed by atoms with Crippen molar-refractivity contribution in [3.8, 4) is 0 Å². The molecule has 1 aromatic carbocycles. The van der Waals surface area contributed by atoms with Crippen LogP contribution in [0.2, 0.25) is 0 Å². The highest BCUT2D eigenvalue weighted by Gasteiger charge is 2.33. The number of carbonyl (C=O) groups excluding carboxylic acids is 4. The molecule has 0 radical (unpaired) electrons. The minimum absolute atomic E-state index is 0.269. The summed E-state index contributed by atoms with van der Waals surface area (Å²) in [7, 11) is 0. The van der Waals surface area contributed by atoms with E-state index in [-0.39, 0.29) is 12.5 Å². The summed E-state index contributed by atoms with van der Waals surface area (Å²) in [4.78, 5) is 63.1. The second-order valence-electron chi connectivity index (χ2n) is 8.08. The molecule has 1 aliphatic heterocycles. The van der Waals surface area contributed by atoms with Crippen LogP contribution in [0.3, 0.4) is 0 Å². The van der Waals surface area contributed by atoms with Crippen LogP contribution in [0.1, 0.15) is 27.7 Å². The summed E-state index contributed by atoms with van der Waals surface area (Å²) in [5, 5.41) is 12.3. The van der Waals surface area contributed by atoms with Crippen LogP contribution in [0.25, 0.3) is 11.0 Å². The number of esters is 3. The summed E-state index contributed by atoms with van der Waals surface area (Å²) in [6.45, 7) is 5.67. The standard InChI is InChI=1S/C23H26BrN5O8/c1-11(30)20(32)36-13(3)22(34)37-14(4)21(33)35-12(2)19(31)29-10-9-27-23(29)28-15-5-6-16-18(17(15)24)26-8-7-25-16/h5-8,11-14,30H,9-10H2,1-4H3,(H,27,28)/t11-,12-,13-,14-/m0/s1. The van der Waals surface area contributed by atoms with Crippen molar-refractivity contribution in [2.24, 2.45) is 4.99 Å². The third kappa shape index (κ3) is 6.77. The number of benzene rings is 1. The van der Waals surface area contributed by atoms with E-state index >= 15 is 0 Å². The Kier molecular flexibility index (Phi) is 9.10. The average Bonchev–Trinajstić information content (AvgIpc) is 3.33. The van der Waals surface area contributed by atoms with Gasteiger partial charge < -0.3 is 24.6 Å². The van der Waals surface area contributed by atoms with Crippen LogP contribution in [0.5, 0.6) is 0 Å². The Hall–Kier alpha value is -3.65. The number of nitrogens with zero attached hydrogens (tertiary/aromatic N) is 4. The second kappa shape index (κ2) is 12.1. The molecule has 2 N–H and O–H groups in total. The third-order valence-corrected chi connectivity index (χ3v) is 5.97. The molecule has 3 rings (SSSR count). The van der Waals surface area contributed by atoms with Crippen LogP contribution < -0.4 is 5.32 Å². The molecule has 0 unspecified atom stereocenters. The molecule has 0 aliphatic carbocycles. The molecule has 2 heterocycles. The van der Waals surface area contributed by atoms with Gasteiger partial charge in [-0.1, -0.05) is 0 Å². The number of hydrogen-bond donors (Lipinski definition) is 2. The zero-order chi connectivity index (χ0) is 27.3. The molecular formula is C23H26BrN5O8. The van der Waals surface area contributed by atoms with E-state index in [0.29, 0.717) is 27.7 Å². The molecular weight excluding hydrogens is 554 g/mol. The van der Waals surface area contributed by atoms with Crippen molar-refractivity contribution in [3.63, 3.8) is 0 Å². The van der Waals surface area contributed by atoms with Crippen LogP contribution in [-0.2, 0) is 33.4 Å². The number of fused-ring (bicyclic) bond motifs is 1. The van der Waals surface area contributed by atoms with Crippen molar-refractivity contribution in [3.05, 3.63) is 29.0 Å². The Morgan fingerprint density at radius 1 is 0.946 bits per heavy atom. The smallest absolute Gasteiger partial charge is 0.347 e. The maximum Gasteiger partial charge on any atom is 0.347 e. The van der Waals surface area contributed by atoms with E-state index in [4.69, 9.17) is 19.3 Å². The molecule has 198 valence electrons. The van der Waals surface area contributed by atoms with Crippen LogP contribution in [-0.4, -0.2) is 87.3 Å². The van der Waals surface area contributed by atoms with Gasteiger partial charge in [0.05, 0.1) is 22.2 Å². The molecule has 0 saturated carbocycles. The molecule has 0 fully saturated rings. The first-order valence-corrected chi connectivity index (χ1v) is 12.1. The van der Waals surface area contributed by atoms with Crippen molar-refractivity contribution in [1.82, 2.24) is 14.9 Å². The van der Waals surface area contributed by atoms with Gasteiger partial charge in [-0.3, -0.25) is 24.7 Å². The Balaban J connectivity index is 1.58. The molecule has 2 aromatic rings. The molecule has 1 aromatic heterocycles. The number of aliphatic hydroxyl groups is 1. The van der Waals surface area contributed by atoms with Crippen molar-refractivity contribution in [2.45, 2.75) is 52.1 Å². The fourth-order valence-corrected chi connectivity index (χ4v) is 3.70. The Morgan fingerprint density at radius 2 is 1.54 bits per heavy atom. The SMILES string of the molecule is C[C@H](O)C(=O)O[C@@H](C)C(=O)O[C@@H](C)C(=O)O[C@@H](C)C(=O)N1CCN=C1Nc1ccc2nccnc2c1Br. The number of anilines is 1. The lowest BCUT2D eigenvalue weighted by atomic mass is 10.2. The minimum Gasteiger partial charge on any atom is -0.450 e. The molecule has 4 atom stereocenters. The molecule has 13 nitrogen and oxygen atoms in total.